The summed E-state index contributed by atoms with van der Waals surface area (Å²) >= 11 is 0. The highest BCUT2D eigenvalue weighted by atomic mass is 16.3. The molecule has 1 aromatic heterocycles. The average Bonchev–Trinajstić information content (AvgIpc) is 1.69. The molecule has 1 heterocycles. The first kappa shape index (κ1) is 4.12. The predicted octanol–water partition coefficient (Wildman–Crippen LogP) is 0.587. The first-order valence-corrected chi connectivity index (χ1v) is 1.90. The zero-order valence-corrected chi connectivity index (χ0v) is 3.63. The minimum absolute atomic E-state index is 0.0405. The van der Waals surface area contributed by atoms with Crippen LogP contribution in [0, 0.1) is 6.07 Å². The third-order valence-corrected chi connectivity index (χ3v) is 0.600. The number of aromatic hydroxyl groups is 1. The Bertz CT molecular complexity index is 138. The smallest absolute Gasteiger partial charge is 0.210 e. The summed E-state index contributed by atoms with van der Waals surface area (Å²) in [6.07, 6.45) is 1.41. The molecule has 35 valence electrons. The lowest BCUT2D eigenvalue weighted by Crippen LogP contribution is -1.66. The largest absolute Gasteiger partial charge is 0.493 e. The number of hydrogen-bond acceptors (Lipinski definition) is 2. The fourth-order valence-electron chi connectivity index (χ4n) is 0.312. The highest BCUT2D eigenvalue weighted by Gasteiger charge is 1.76. The summed E-state index contributed by atoms with van der Waals surface area (Å²) in [5, 5.41) is 8.50. The van der Waals surface area contributed by atoms with Crippen LogP contribution < -0.4 is 0 Å². The van der Waals surface area contributed by atoms with Crippen LogP contribution in [0.5, 0.6) is 5.88 Å². The highest BCUT2D eigenvalue weighted by Crippen LogP contribution is 1.96. The Morgan fingerprint density at radius 3 is 2.86 bits per heavy atom. The maximum atomic E-state index is 8.50. The molecule has 0 unspecified atom stereocenters. The number of nitrogens with zero attached hydrogens (tertiary/aromatic N) is 1. The van der Waals surface area contributed by atoms with Crippen molar-refractivity contribution in [2.24, 2.45) is 0 Å². The summed E-state index contributed by atoms with van der Waals surface area (Å²) in [5.74, 6) is 0.0405. The lowest BCUT2D eigenvalue weighted by atomic mass is 10.5. The second kappa shape index (κ2) is 1.60. The van der Waals surface area contributed by atoms with Gasteiger partial charge in [0.1, 0.15) is 0 Å². The van der Waals surface area contributed by atoms with Crippen LogP contribution in [0.25, 0.3) is 0 Å². The van der Waals surface area contributed by atoms with E-state index in [0.29, 0.717) is 0 Å². The molecule has 2 heteroatoms. The molecule has 0 spiro atoms. The van der Waals surface area contributed by atoms with Crippen LogP contribution in [-0.2, 0) is 0 Å². The maximum absolute atomic E-state index is 8.50. The van der Waals surface area contributed by atoms with Crippen molar-refractivity contribution >= 4 is 0 Å². The van der Waals surface area contributed by atoms with Gasteiger partial charge in [-0.05, 0) is 6.07 Å². The van der Waals surface area contributed by atoms with E-state index >= 15 is 0 Å². The minimum atomic E-state index is 0.0405. The number of pyridine rings is 1. The SMILES string of the molecule is Oc1cc[c]cn1. The van der Waals surface area contributed by atoms with Gasteiger partial charge < -0.3 is 5.11 Å². The molecule has 0 fully saturated rings. The molecule has 1 rings (SSSR count). The van der Waals surface area contributed by atoms with E-state index < -0.39 is 0 Å². The van der Waals surface area contributed by atoms with Gasteiger partial charge in [-0.25, -0.2) is 4.98 Å². The van der Waals surface area contributed by atoms with E-state index in [1.165, 1.54) is 12.3 Å². The first-order chi connectivity index (χ1) is 3.39. The monoisotopic (exact) mass is 94.0 g/mol. The Labute approximate surface area is 41.4 Å². The molecule has 0 saturated carbocycles. The van der Waals surface area contributed by atoms with Crippen LogP contribution in [0.2, 0.25) is 0 Å². The topological polar surface area (TPSA) is 33.1 Å². The van der Waals surface area contributed by atoms with Gasteiger partial charge in [-0.15, -0.1) is 0 Å². The molecule has 7 heavy (non-hydrogen) atoms. The van der Waals surface area contributed by atoms with E-state index in [4.69, 9.17) is 5.11 Å². The molecule has 1 radical (unpaired) electrons. The van der Waals surface area contributed by atoms with Gasteiger partial charge in [-0.3, -0.25) is 0 Å². The first-order valence-electron chi connectivity index (χ1n) is 1.90. The van der Waals surface area contributed by atoms with Gasteiger partial charge in [0.25, 0.3) is 0 Å². The molecule has 0 aliphatic rings. The summed E-state index contributed by atoms with van der Waals surface area (Å²) in [5.41, 5.74) is 0. The molecule has 1 N–H and O–H groups in total. The molecular formula is C5H4NO. The Morgan fingerprint density at radius 2 is 2.57 bits per heavy atom. The Kier molecular flexibility index (Phi) is 0.941. The third-order valence-electron chi connectivity index (χ3n) is 0.600. The van der Waals surface area contributed by atoms with Crippen LogP contribution >= 0.6 is 0 Å². The van der Waals surface area contributed by atoms with Gasteiger partial charge in [0.15, 0.2) is 0 Å². The van der Waals surface area contributed by atoms with Gasteiger partial charge in [0.05, 0.1) is 0 Å². The summed E-state index contributed by atoms with van der Waals surface area (Å²) in [6, 6.07) is 5.73. The second-order valence-corrected chi connectivity index (χ2v) is 1.12. The molecule has 0 amide bonds. The number of rotatable bonds is 0. The van der Waals surface area contributed by atoms with Crippen molar-refractivity contribution in [2.45, 2.75) is 0 Å². The number of hydrogen-bond donors (Lipinski definition) is 1. The van der Waals surface area contributed by atoms with E-state index in [1.807, 2.05) is 0 Å². The van der Waals surface area contributed by atoms with Gasteiger partial charge in [0, 0.05) is 18.3 Å². The summed E-state index contributed by atoms with van der Waals surface area (Å²) in [6.45, 7) is 0. The van der Waals surface area contributed by atoms with E-state index in [9.17, 15) is 0 Å². The summed E-state index contributed by atoms with van der Waals surface area (Å²) in [4.78, 5) is 3.48. The van der Waals surface area contributed by atoms with Crippen molar-refractivity contribution in [3.63, 3.8) is 0 Å². The van der Waals surface area contributed by atoms with Crippen LogP contribution in [0.3, 0.4) is 0 Å². The standard InChI is InChI=1S/C5H4NO/c7-5-3-1-2-4-6-5/h1,3-4H,(H,6,7). The van der Waals surface area contributed by atoms with Crippen molar-refractivity contribution in [1.82, 2.24) is 4.98 Å². The Balaban J connectivity index is 3.02. The second-order valence-electron chi connectivity index (χ2n) is 1.12. The predicted molar refractivity (Wildman–Crippen MR) is 24.7 cm³/mol. The summed E-state index contributed by atoms with van der Waals surface area (Å²) < 4.78 is 0. The van der Waals surface area contributed by atoms with Crippen molar-refractivity contribution in [2.75, 3.05) is 0 Å². The molecule has 0 saturated heterocycles. The molecule has 0 atom stereocenters. The molecule has 0 aromatic carbocycles. The van der Waals surface area contributed by atoms with Gasteiger partial charge in [-0.1, -0.05) is 0 Å². The van der Waals surface area contributed by atoms with E-state index in [0.717, 1.165) is 0 Å². The zero-order valence-electron chi connectivity index (χ0n) is 3.63. The average molecular weight is 94.1 g/mol. The van der Waals surface area contributed by atoms with Crippen LogP contribution in [0.4, 0.5) is 0 Å². The van der Waals surface area contributed by atoms with E-state index in [2.05, 4.69) is 11.1 Å². The minimum Gasteiger partial charge on any atom is -0.493 e. The molecular weight excluding hydrogens is 90.1 g/mol. The normalized spacial score (nSPS) is 8.57. The fourth-order valence-corrected chi connectivity index (χ4v) is 0.312. The summed E-state index contributed by atoms with van der Waals surface area (Å²) in [7, 11) is 0. The number of aromatic nitrogens is 1. The van der Waals surface area contributed by atoms with E-state index in [1.54, 1.807) is 6.07 Å². The van der Waals surface area contributed by atoms with Crippen molar-refractivity contribution in [1.29, 1.82) is 0 Å². The van der Waals surface area contributed by atoms with Gasteiger partial charge in [0.2, 0.25) is 5.88 Å². The lowest BCUT2D eigenvalue weighted by molar-refractivity contribution is 0.453. The zero-order chi connectivity index (χ0) is 5.11. The lowest BCUT2D eigenvalue weighted by Gasteiger charge is -1.81. The molecule has 0 bridgehead atoms. The highest BCUT2D eigenvalue weighted by molar-refractivity contribution is 5.05. The van der Waals surface area contributed by atoms with E-state index in [-0.39, 0.29) is 5.88 Å². The molecule has 0 aliphatic heterocycles. The quantitative estimate of drug-likeness (QED) is 0.510. The molecule has 1 aromatic rings. The van der Waals surface area contributed by atoms with Gasteiger partial charge >= 0.3 is 0 Å². The van der Waals surface area contributed by atoms with Crippen LogP contribution in [-0.4, -0.2) is 10.1 Å². The fraction of sp³-hybridized carbons (Fsp3) is 0. The van der Waals surface area contributed by atoms with Crippen LogP contribution in [0.1, 0.15) is 0 Å². The Hall–Kier alpha value is -1.05. The molecule has 2 nitrogen and oxygen atoms in total. The molecule has 0 aliphatic carbocycles. The van der Waals surface area contributed by atoms with Crippen molar-refractivity contribution in [3.8, 4) is 5.88 Å². The third kappa shape index (κ3) is 0.892. The van der Waals surface area contributed by atoms with Crippen molar-refractivity contribution < 1.29 is 5.11 Å². The van der Waals surface area contributed by atoms with Gasteiger partial charge in [-0.2, -0.15) is 0 Å². The maximum Gasteiger partial charge on any atom is 0.210 e. The Morgan fingerprint density at radius 1 is 1.71 bits per heavy atom. The van der Waals surface area contributed by atoms with Crippen LogP contribution in [0.15, 0.2) is 18.3 Å². The van der Waals surface area contributed by atoms with Crippen molar-refractivity contribution in [3.05, 3.63) is 24.4 Å².